The van der Waals surface area contributed by atoms with Gasteiger partial charge < -0.3 is 5.32 Å². The highest BCUT2D eigenvalue weighted by Crippen LogP contribution is 2.34. The van der Waals surface area contributed by atoms with Gasteiger partial charge >= 0.3 is 0 Å². The van der Waals surface area contributed by atoms with E-state index in [9.17, 15) is 4.79 Å². The molecule has 20 heavy (non-hydrogen) atoms. The second-order valence-corrected chi connectivity index (χ2v) is 6.93. The highest BCUT2D eigenvalue weighted by atomic mass is 32.1. The Bertz CT molecular complexity index is 590. The van der Waals surface area contributed by atoms with Crippen LogP contribution in [0.2, 0.25) is 0 Å². The molecule has 1 heterocycles. The summed E-state index contributed by atoms with van der Waals surface area (Å²) in [6, 6.07) is 12.2. The molecule has 1 amide bonds. The summed E-state index contributed by atoms with van der Waals surface area (Å²) in [6.45, 7) is 9.24. The van der Waals surface area contributed by atoms with Crippen LogP contribution in [-0.2, 0) is 5.41 Å². The number of nitrogens with one attached hydrogen (secondary N) is 1. The molecule has 0 aliphatic rings. The summed E-state index contributed by atoms with van der Waals surface area (Å²) in [7, 11) is 0. The predicted octanol–water partition coefficient (Wildman–Crippen LogP) is 4.46. The Morgan fingerprint density at radius 3 is 2.25 bits per heavy atom. The maximum atomic E-state index is 11.7. The number of carbonyl (C=O) groups is 1. The standard InChI is InChI=1S/C17H21NOS/c1-5-18-16(19)13-8-6-12(7-9-13)14-10-11-15(20-14)17(2,3)4/h6-11H,5H2,1-4H3,(H,18,19). The lowest BCUT2D eigenvalue weighted by atomic mass is 9.95. The van der Waals surface area contributed by atoms with Crippen molar-refractivity contribution < 1.29 is 4.79 Å². The van der Waals surface area contributed by atoms with Crippen LogP contribution in [0.25, 0.3) is 10.4 Å². The predicted molar refractivity (Wildman–Crippen MR) is 86.5 cm³/mol. The van der Waals surface area contributed by atoms with E-state index < -0.39 is 0 Å². The lowest BCUT2D eigenvalue weighted by molar-refractivity contribution is 0.0956. The van der Waals surface area contributed by atoms with E-state index in [1.54, 1.807) is 0 Å². The van der Waals surface area contributed by atoms with Gasteiger partial charge in [0.1, 0.15) is 0 Å². The highest BCUT2D eigenvalue weighted by molar-refractivity contribution is 7.15. The number of hydrogen-bond donors (Lipinski definition) is 1. The maximum absolute atomic E-state index is 11.7. The highest BCUT2D eigenvalue weighted by Gasteiger charge is 2.16. The summed E-state index contributed by atoms with van der Waals surface area (Å²) in [6.07, 6.45) is 0. The average molecular weight is 287 g/mol. The van der Waals surface area contributed by atoms with Gasteiger partial charge in [-0.2, -0.15) is 0 Å². The van der Waals surface area contributed by atoms with E-state index in [2.05, 4.69) is 38.2 Å². The van der Waals surface area contributed by atoms with Crippen LogP contribution in [-0.4, -0.2) is 12.5 Å². The Kier molecular flexibility index (Phi) is 4.29. The molecule has 2 nitrogen and oxygen atoms in total. The number of benzene rings is 1. The zero-order chi connectivity index (χ0) is 14.8. The van der Waals surface area contributed by atoms with Gasteiger partial charge in [-0.15, -0.1) is 11.3 Å². The molecule has 0 fully saturated rings. The molecular formula is C17H21NOS. The second kappa shape index (κ2) is 5.80. The molecule has 1 N–H and O–H groups in total. The lowest BCUT2D eigenvalue weighted by Crippen LogP contribution is -2.22. The molecule has 106 valence electrons. The van der Waals surface area contributed by atoms with E-state index >= 15 is 0 Å². The van der Waals surface area contributed by atoms with Crippen LogP contribution in [0, 0.1) is 0 Å². The zero-order valence-corrected chi connectivity index (χ0v) is 13.3. The monoisotopic (exact) mass is 287 g/mol. The van der Waals surface area contributed by atoms with Crippen molar-refractivity contribution in [2.75, 3.05) is 6.54 Å². The Balaban J connectivity index is 2.22. The minimum atomic E-state index is -0.0133. The van der Waals surface area contributed by atoms with Gasteiger partial charge in [0.05, 0.1) is 0 Å². The number of carbonyl (C=O) groups excluding carboxylic acids is 1. The van der Waals surface area contributed by atoms with Crippen LogP contribution >= 0.6 is 11.3 Å². The van der Waals surface area contributed by atoms with Crippen molar-refractivity contribution in [3.63, 3.8) is 0 Å². The molecule has 2 aromatic rings. The molecule has 0 aliphatic carbocycles. The molecular weight excluding hydrogens is 266 g/mol. The molecule has 0 spiro atoms. The summed E-state index contributed by atoms with van der Waals surface area (Å²) in [5.41, 5.74) is 2.06. The average Bonchev–Trinajstić information content (AvgIpc) is 2.89. The normalized spacial score (nSPS) is 11.4. The lowest BCUT2D eigenvalue weighted by Gasteiger charge is -2.15. The minimum Gasteiger partial charge on any atom is -0.352 e. The van der Waals surface area contributed by atoms with Crippen molar-refractivity contribution in [3.8, 4) is 10.4 Å². The van der Waals surface area contributed by atoms with Gasteiger partial charge in [0.15, 0.2) is 0 Å². The van der Waals surface area contributed by atoms with E-state index in [-0.39, 0.29) is 11.3 Å². The first-order valence-electron chi connectivity index (χ1n) is 6.91. The van der Waals surface area contributed by atoms with Gasteiger partial charge in [0, 0.05) is 21.9 Å². The van der Waals surface area contributed by atoms with Gasteiger partial charge in [-0.05, 0) is 42.2 Å². The summed E-state index contributed by atoms with van der Waals surface area (Å²) >= 11 is 1.82. The Labute approximate surface area is 124 Å². The number of hydrogen-bond acceptors (Lipinski definition) is 2. The van der Waals surface area contributed by atoms with Crippen LogP contribution in [0.1, 0.15) is 42.9 Å². The van der Waals surface area contributed by atoms with Gasteiger partial charge in [0.25, 0.3) is 5.91 Å². The topological polar surface area (TPSA) is 29.1 Å². The third kappa shape index (κ3) is 3.28. The molecule has 0 bridgehead atoms. The fourth-order valence-electron chi connectivity index (χ4n) is 1.94. The van der Waals surface area contributed by atoms with E-state index in [1.165, 1.54) is 15.3 Å². The Morgan fingerprint density at radius 2 is 1.75 bits per heavy atom. The Morgan fingerprint density at radius 1 is 1.10 bits per heavy atom. The van der Waals surface area contributed by atoms with Crippen LogP contribution in [0.15, 0.2) is 36.4 Å². The number of amides is 1. The van der Waals surface area contributed by atoms with Crippen molar-refractivity contribution in [3.05, 3.63) is 46.8 Å². The first-order chi connectivity index (χ1) is 9.41. The summed E-state index contributed by atoms with van der Waals surface area (Å²) in [4.78, 5) is 14.3. The first kappa shape index (κ1) is 14.8. The maximum Gasteiger partial charge on any atom is 0.251 e. The van der Waals surface area contributed by atoms with Crippen LogP contribution in [0.4, 0.5) is 0 Å². The van der Waals surface area contributed by atoms with Gasteiger partial charge in [-0.25, -0.2) is 0 Å². The third-order valence-corrected chi connectivity index (χ3v) is 4.67. The SMILES string of the molecule is CCNC(=O)c1ccc(-c2ccc(C(C)(C)C)s2)cc1. The van der Waals surface area contributed by atoms with Crippen molar-refractivity contribution >= 4 is 17.2 Å². The van der Waals surface area contributed by atoms with Crippen molar-refractivity contribution in [2.24, 2.45) is 0 Å². The summed E-state index contributed by atoms with van der Waals surface area (Å²) < 4.78 is 0. The van der Waals surface area contributed by atoms with Crippen LogP contribution in [0.3, 0.4) is 0 Å². The minimum absolute atomic E-state index is 0.0133. The molecule has 0 unspecified atom stereocenters. The van der Waals surface area contributed by atoms with Crippen molar-refractivity contribution in [1.29, 1.82) is 0 Å². The molecule has 0 saturated carbocycles. The number of thiophene rings is 1. The zero-order valence-electron chi connectivity index (χ0n) is 12.5. The molecule has 3 heteroatoms. The fraction of sp³-hybridized carbons (Fsp3) is 0.353. The smallest absolute Gasteiger partial charge is 0.251 e. The van der Waals surface area contributed by atoms with Crippen LogP contribution in [0.5, 0.6) is 0 Å². The van der Waals surface area contributed by atoms with Gasteiger partial charge in [-0.1, -0.05) is 32.9 Å². The largest absolute Gasteiger partial charge is 0.352 e. The van der Waals surface area contributed by atoms with Crippen molar-refractivity contribution in [2.45, 2.75) is 33.1 Å². The number of rotatable bonds is 3. The quantitative estimate of drug-likeness (QED) is 0.887. The van der Waals surface area contributed by atoms with Crippen LogP contribution < -0.4 is 5.32 Å². The molecule has 2 rings (SSSR count). The third-order valence-electron chi connectivity index (χ3n) is 3.11. The fourth-order valence-corrected chi connectivity index (χ4v) is 3.01. The van der Waals surface area contributed by atoms with E-state index in [0.29, 0.717) is 12.1 Å². The van der Waals surface area contributed by atoms with Gasteiger partial charge in [0.2, 0.25) is 0 Å². The molecule has 1 aromatic heterocycles. The second-order valence-electron chi connectivity index (χ2n) is 5.85. The molecule has 0 atom stereocenters. The molecule has 0 saturated heterocycles. The molecule has 1 aromatic carbocycles. The van der Waals surface area contributed by atoms with E-state index in [0.717, 1.165) is 0 Å². The first-order valence-corrected chi connectivity index (χ1v) is 7.72. The van der Waals surface area contributed by atoms with E-state index in [4.69, 9.17) is 0 Å². The molecule has 0 aliphatic heterocycles. The van der Waals surface area contributed by atoms with Crippen molar-refractivity contribution in [1.82, 2.24) is 5.32 Å². The Hall–Kier alpha value is -1.61. The van der Waals surface area contributed by atoms with E-state index in [1.807, 2.05) is 42.5 Å². The molecule has 0 radical (unpaired) electrons. The summed E-state index contributed by atoms with van der Waals surface area (Å²) in [5, 5.41) is 2.81. The van der Waals surface area contributed by atoms with Gasteiger partial charge in [-0.3, -0.25) is 4.79 Å². The summed E-state index contributed by atoms with van der Waals surface area (Å²) in [5.74, 6) is -0.0133.